The van der Waals surface area contributed by atoms with Gasteiger partial charge in [-0.15, -0.1) is 0 Å². The number of imidazole rings is 1. The van der Waals surface area contributed by atoms with Crippen LogP contribution in [0.5, 0.6) is 11.5 Å². The zero-order valence-electron chi connectivity index (χ0n) is 13.2. The Morgan fingerprint density at radius 2 is 1.88 bits per heavy atom. The number of halogens is 3. The zero-order valence-corrected chi connectivity index (χ0v) is 14.0. The van der Waals surface area contributed by atoms with Crippen LogP contribution in [0.15, 0.2) is 36.4 Å². The van der Waals surface area contributed by atoms with Crippen molar-refractivity contribution in [3.8, 4) is 11.5 Å². The number of aromatic nitrogens is 3. The van der Waals surface area contributed by atoms with E-state index in [1.807, 2.05) is 0 Å². The number of alkyl halides is 2. The van der Waals surface area contributed by atoms with Gasteiger partial charge in [-0.1, -0.05) is 23.7 Å². The fourth-order valence-electron chi connectivity index (χ4n) is 2.37. The number of aliphatic hydroxyl groups is 2. The molecule has 7 nitrogen and oxygen atoms in total. The number of rotatable bonds is 7. The van der Waals surface area contributed by atoms with Crippen LogP contribution in [0.4, 0.5) is 8.78 Å². The van der Waals surface area contributed by atoms with Crippen molar-refractivity contribution in [1.29, 1.82) is 0 Å². The molecule has 2 heterocycles. The van der Waals surface area contributed by atoms with Gasteiger partial charge in [0.1, 0.15) is 23.6 Å². The van der Waals surface area contributed by atoms with Crippen LogP contribution in [0.2, 0.25) is 5.15 Å². The highest BCUT2D eigenvalue weighted by molar-refractivity contribution is 6.29. The van der Waals surface area contributed by atoms with Gasteiger partial charge in [-0.2, -0.15) is 13.9 Å². The average Bonchev–Trinajstić information content (AvgIpc) is 2.97. The fourth-order valence-corrected chi connectivity index (χ4v) is 2.51. The fraction of sp³-hybridized carbons (Fsp3) is 0.250. The maximum atomic E-state index is 12.5. The van der Waals surface area contributed by atoms with Crippen molar-refractivity contribution < 1.29 is 28.5 Å². The number of para-hydroxylation sites is 2. The summed E-state index contributed by atoms with van der Waals surface area (Å²) in [4.78, 5) is 4.21. The maximum absolute atomic E-state index is 12.5. The summed E-state index contributed by atoms with van der Waals surface area (Å²) in [6, 6.07) is 9.04. The lowest BCUT2D eigenvalue weighted by molar-refractivity contribution is -0.0516. The predicted molar refractivity (Wildman–Crippen MR) is 87.4 cm³/mol. The molecule has 2 aromatic heterocycles. The SMILES string of the molecule is OCC(O)c1nc2ccc(Cl)nn2c1COc1ccccc1OC(F)F. The van der Waals surface area contributed by atoms with Crippen molar-refractivity contribution in [2.75, 3.05) is 6.61 Å². The molecule has 0 bridgehead atoms. The summed E-state index contributed by atoms with van der Waals surface area (Å²) < 4.78 is 36.3. The molecule has 0 aliphatic heterocycles. The van der Waals surface area contributed by atoms with Gasteiger partial charge in [-0.25, -0.2) is 9.50 Å². The Bertz CT molecular complexity index is 906. The number of aliphatic hydroxyl groups excluding tert-OH is 2. The molecule has 0 amide bonds. The molecular formula is C16H14ClF2N3O4. The van der Waals surface area contributed by atoms with Crippen LogP contribution >= 0.6 is 11.6 Å². The molecule has 0 saturated heterocycles. The molecular weight excluding hydrogens is 372 g/mol. The van der Waals surface area contributed by atoms with Gasteiger partial charge < -0.3 is 19.7 Å². The number of fused-ring (bicyclic) bond motifs is 1. The van der Waals surface area contributed by atoms with Crippen molar-refractivity contribution in [3.05, 3.63) is 52.9 Å². The smallest absolute Gasteiger partial charge is 0.387 e. The normalized spacial score (nSPS) is 12.5. The second-order valence-electron chi connectivity index (χ2n) is 5.18. The monoisotopic (exact) mass is 385 g/mol. The van der Waals surface area contributed by atoms with E-state index in [1.54, 1.807) is 12.1 Å². The Morgan fingerprint density at radius 1 is 1.15 bits per heavy atom. The van der Waals surface area contributed by atoms with Crippen LogP contribution < -0.4 is 9.47 Å². The number of hydrogen-bond acceptors (Lipinski definition) is 6. The Morgan fingerprint density at radius 3 is 2.58 bits per heavy atom. The first-order chi connectivity index (χ1) is 12.5. The lowest BCUT2D eigenvalue weighted by Crippen LogP contribution is -2.11. The minimum atomic E-state index is -3.00. The molecule has 0 spiro atoms. The lowest BCUT2D eigenvalue weighted by atomic mass is 10.2. The highest BCUT2D eigenvalue weighted by Crippen LogP contribution is 2.29. The first-order valence-corrected chi connectivity index (χ1v) is 7.87. The molecule has 1 aromatic carbocycles. The van der Waals surface area contributed by atoms with E-state index in [0.717, 1.165) is 0 Å². The first-order valence-electron chi connectivity index (χ1n) is 7.49. The van der Waals surface area contributed by atoms with E-state index in [9.17, 15) is 19.0 Å². The van der Waals surface area contributed by atoms with Crippen molar-refractivity contribution in [2.45, 2.75) is 19.3 Å². The number of hydrogen-bond donors (Lipinski definition) is 2. The zero-order chi connectivity index (χ0) is 18.7. The van der Waals surface area contributed by atoms with Crippen LogP contribution in [-0.4, -0.2) is 38.0 Å². The van der Waals surface area contributed by atoms with Gasteiger partial charge in [-0.3, -0.25) is 0 Å². The Labute approximate surface area is 151 Å². The molecule has 1 unspecified atom stereocenters. The van der Waals surface area contributed by atoms with E-state index >= 15 is 0 Å². The quantitative estimate of drug-likeness (QED) is 0.650. The number of ether oxygens (including phenoxy) is 2. The van der Waals surface area contributed by atoms with Crippen molar-refractivity contribution in [3.63, 3.8) is 0 Å². The summed E-state index contributed by atoms with van der Waals surface area (Å²) in [6.07, 6.45) is -1.26. The van der Waals surface area contributed by atoms with Crippen LogP contribution in [-0.2, 0) is 6.61 Å². The molecule has 0 aliphatic carbocycles. The van der Waals surface area contributed by atoms with E-state index < -0.39 is 19.3 Å². The second kappa shape index (κ2) is 7.81. The molecule has 26 heavy (non-hydrogen) atoms. The topological polar surface area (TPSA) is 89.1 Å². The van der Waals surface area contributed by atoms with Crippen molar-refractivity contribution >= 4 is 17.2 Å². The lowest BCUT2D eigenvalue weighted by Gasteiger charge is -2.13. The maximum Gasteiger partial charge on any atom is 0.387 e. The van der Waals surface area contributed by atoms with E-state index in [0.29, 0.717) is 11.3 Å². The largest absolute Gasteiger partial charge is 0.483 e. The van der Waals surface area contributed by atoms with Crippen molar-refractivity contribution in [2.24, 2.45) is 0 Å². The summed E-state index contributed by atoms with van der Waals surface area (Å²) in [7, 11) is 0. The van der Waals surface area contributed by atoms with E-state index in [1.165, 1.54) is 28.8 Å². The second-order valence-corrected chi connectivity index (χ2v) is 5.57. The van der Waals surface area contributed by atoms with Crippen LogP contribution in [0.3, 0.4) is 0 Å². The average molecular weight is 386 g/mol. The van der Waals surface area contributed by atoms with Crippen LogP contribution in [0.25, 0.3) is 5.65 Å². The highest BCUT2D eigenvalue weighted by atomic mass is 35.5. The molecule has 3 aromatic rings. The van der Waals surface area contributed by atoms with E-state index in [2.05, 4.69) is 14.8 Å². The van der Waals surface area contributed by atoms with Crippen LogP contribution in [0.1, 0.15) is 17.5 Å². The van der Waals surface area contributed by atoms with Crippen LogP contribution in [0, 0.1) is 0 Å². The minimum Gasteiger partial charge on any atom is -0.483 e. The molecule has 0 radical (unpaired) electrons. The third-order valence-corrected chi connectivity index (χ3v) is 3.69. The first kappa shape index (κ1) is 18.3. The molecule has 0 saturated carbocycles. The number of nitrogens with zero attached hydrogens (tertiary/aromatic N) is 3. The van der Waals surface area contributed by atoms with Gasteiger partial charge >= 0.3 is 6.61 Å². The highest BCUT2D eigenvalue weighted by Gasteiger charge is 2.21. The summed E-state index contributed by atoms with van der Waals surface area (Å²) in [5, 5.41) is 23.5. The molecule has 138 valence electrons. The Kier molecular flexibility index (Phi) is 5.50. The van der Waals surface area contributed by atoms with Gasteiger partial charge in [-0.05, 0) is 24.3 Å². The minimum absolute atomic E-state index is 0.0780. The summed E-state index contributed by atoms with van der Waals surface area (Å²) in [6.45, 7) is -3.73. The van der Waals surface area contributed by atoms with E-state index in [4.69, 9.17) is 16.3 Å². The summed E-state index contributed by atoms with van der Waals surface area (Å²) >= 11 is 5.90. The molecule has 1 atom stereocenters. The molecule has 3 rings (SSSR count). The summed E-state index contributed by atoms with van der Waals surface area (Å²) in [5.74, 6) is -0.0548. The third kappa shape index (κ3) is 3.85. The van der Waals surface area contributed by atoms with Gasteiger partial charge in [0, 0.05) is 0 Å². The van der Waals surface area contributed by atoms with Crippen molar-refractivity contribution in [1.82, 2.24) is 14.6 Å². The molecule has 2 N–H and O–H groups in total. The molecule has 0 fully saturated rings. The van der Waals surface area contributed by atoms with Gasteiger partial charge in [0.15, 0.2) is 17.1 Å². The number of benzene rings is 1. The Hall–Kier alpha value is -2.49. The predicted octanol–water partition coefficient (Wildman–Crippen LogP) is 2.59. The standard InChI is InChI=1S/C16H14ClF2N3O4/c17-13-5-6-14-20-15(10(24)7-23)9(22(14)21-13)8-25-11-3-1-2-4-12(11)26-16(18)19/h1-6,10,16,23-24H,7-8H2. The summed E-state index contributed by atoms with van der Waals surface area (Å²) in [5.41, 5.74) is 0.845. The van der Waals surface area contributed by atoms with Gasteiger partial charge in [0.25, 0.3) is 0 Å². The molecule has 0 aliphatic rings. The third-order valence-electron chi connectivity index (χ3n) is 3.49. The molecule has 10 heteroatoms. The van der Waals surface area contributed by atoms with E-state index in [-0.39, 0.29) is 29.0 Å². The Balaban J connectivity index is 1.95. The van der Waals surface area contributed by atoms with Gasteiger partial charge in [0.2, 0.25) is 0 Å². The van der Waals surface area contributed by atoms with Gasteiger partial charge in [0.05, 0.1) is 12.3 Å².